The van der Waals surface area contributed by atoms with Crippen molar-refractivity contribution in [3.05, 3.63) is 47.5 Å². The van der Waals surface area contributed by atoms with Gasteiger partial charge in [-0.1, -0.05) is 0 Å². The van der Waals surface area contributed by atoms with E-state index in [-0.39, 0.29) is 12.1 Å². The van der Waals surface area contributed by atoms with Crippen LogP contribution in [0.1, 0.15) is 42.0 Å². The van der Waals surface area contributed by atoms with Crippen molar-refractivity contribution in [3.8, 4) is 0 Å². The molecule has 6 heteroatoms. The number of urea groups is 1. The predicted molar refractivity (Wildman–Crippen MR) is 90.7 cm³/mol. The van der Waals surface area contributed by atoms with Crippen molar-refractivity contribution in [3.63, 3.8) is 0 Å². The van der Waals surface area contributed by atoms with E-state index in [2.05, 4.69) is 32.6 Å². The first-order valence-corrected chi connectivity index (χ1v) is 8.76. The van der Waals surface area contributed by atoms with Gasteiger partial charge in [0.25, 0.3) is 0 Å². The van der Waals surface area contributed by atoms with Gasteiger partial charge in [-0.15, -0.1) is 0 Å². The van der Waals surface area contributed by atoms with Crippen LogP contribution in [0, 0.1) is 0 Å². The standard InChI is InChI=1S/C18H23N5O/c24-18(21-16-1-2-17-15(11-16)12-20-22-17)23-9-5-14(6-10-23)13-3-7-19-8-4-13/h3-4,7-8,12,14,16H,1-2,5-6,9-11H2,(H,20,22)(H,21,24). The third kappa shape index (κ3) is 3.13. The Hall–Kier alpha value is -2.37. The number of pyridine rings is 1. The number of fused-ring (bicyclic) bond motifs is 1. The SMILES string of the molecule is O=C(NC1CCc2[nH]ncc2C1)N1CCC(c2ccncc2)CC1. The molecule has 1 aliphatic heterocycles. The van der Waals surface area contributed by atoms with Crippen LogP contribution in [0.3, 0.4) is 0 Å². The lowest BCUT2D eigenvalue weighted by Gasteiger charge is -2.34. The smallest absolute Gasteiger partial charge is 0.317 e. The fourth-order valence-corrected chi connectivity index (χ4v) is 3.86. The van der Waals surface area contributed by atoms with E-state index in [1.807, 2.05) is 23.5 Å². The molecule has 2 aromatic heterocycles. The molecule has 1 unspecified atom stereocenters. The lowest BCUT2D eigenvalue weighted by molar-refractivity contribution is 0.176. The topological polar surface area (TPSA) is 73.9 Å². The number of rotatable bonds is 2. The Bertz CT molecular complexity index is 690. The van der Waals surface area contributed by atoms with E-state index in [4.69, 9.17) is 0 Å². The quantitative estimate of drug-likeness (QED) is 0.889. The molecule has 1 atom stereocenters. The lowest BCUT2D eigenvalue weighted by atomic mass is 9.90. The van der Waals surface area contributed by atoms with Gasteiger partial charge in [0.15, 0.2) is 0 Å². The number of nitrogens with zero attached hydrogens (tertiary/aromatic N) is 3. The van der Waals surface area contributed by atoms with Gasteiger partial charge >= 0.3 is 6.03 Å². The number of amides is 2. The molecule has 1 fully saturated rings. The number of aromatic amines is 1. The van der Waals surface area contributed by atoms with E-state index in [9.17, 15) is 4.79 Å². The van der Waals surface area contributed by atoms with E-state index in [0.29, 0.717) is 5.92 Å². The highest BCUT2D eigenvalue weighted by Crippen LogP contribution is 2.27. The summed E-state index contributed by atoms with van der Waals surface area (Å²) in [4.78, 5) is 18.6. The van der Waals surface area contributed by atoms with Gasteiger partial charge in [-0.2, -0.15) is 5.10 Å². The van der Waals surface area contributed by atoms with Crippen molar-refractivity contribution in [2.24, 2.45) is 0 Å². The van der Waals surface area contributed by atoms with Crippen LogP contribution in [-0.4, -0.2) is 45.2 Å². The van der Waals surface area contributed by atoms with E-state index >= 15 is 0 Å². The first-order valence-electron chi connectivity index (χ1n) is 8.76. The fourth-order valence-electron chi connectivity index (χ4n) is 3.86. The van der Waals surface area contributed by atoms with Gasteiger partial charge in [0.1, 0.15) is 0 Å². The molecule has 24 heavy (non-hydrogen) atoms. The Morgan fingerprint density at radius 1 is 1.21 bits per heavy atom. The summed E-state index contributed by atoms with van der Waals surface area (Å²) in [5, 5.41) is 10.3. The maximum absolute atomic E-state index is 12.5. The summed E-state index contributed by atoms with van der Waals surface area (Å²) < 4.78 is 0. The van der Waals surface area contributed by atoms with Crippen LogP contribution in [0.25, 0.3) is 0 Å². The van der Waals surface area contributed by atoms with Crippen molar-refractivity contribution >= 4 is 6.03 Å². The van der Waals surface area contributed by atoms with E-state index in [0.717, 1.165) is 45.2 Å². The summed E-state index contributed by atoms with van der Waals surface area (Å²) in [6, 6.07) is 4.48. The molecule has 4 rings (SSSR count). The van der Waals surface area contributed by atoms with Crippen LogP contribution in [0.4, 0.5) is 4.79 Å². The maximum Gasteiger partial charge on any atom is 0.317 e. The number of H-pyrrole nitrogens is 1. The van der Waals surface area contributed by atoms with E-state index < -0.39 is 0 Å². The van der Waals surface area contributed by atoms with Crippen LogP contribution in [0.5, 0.6) is 0 Å². The fraction of sp³-hybridized carbons (Fsp3) is 0.500. The molecule has 126 valence electrons. The zero-order chi connectivity index (χ0) is 16.4. The third-order valence-electron chi connectivity index (χ3n) is 5.30. The summed E-state index contributed by atoms with van der Waals surface area (Å²) in [6.07, 6.45) is 10.4. The highest BCUT2D eigenvalue weighted by molar-refractivity contribution is 5.74. The first-order chi connectivity index (χ1) is 11.8. The Morgan fingerprint density at radius 2 is 2.00 bits per heavy atom. The molecular weight excluding hydrogens is 302 g/mol. The van der Waals surface area contributed by atoms with Gasteiger partial charge in [0.05, 0.1) is 6.20 Å². The molecule has 0 bridgehead atoms. The molecule has 0 radical (unpaired) electrons. The number of likely N-dealkylation sites (tertiary alicyclic amines) is 1. The van der Waals surface area contributed by atoms with Gasteiger partial charge < -0.3 is 10.2 Å². The molecule has 0 aromatic carbocycles. The minimum Gasteiger partial charge on any atom is -0.335 e. The summed E-state index contributed by atoms with van der Waals surface area (Å²) >= 11 is 0. The minimum absolute atomic E-state index is 0.0834. The largest absolute Gasteiger partial charge is 0.335 e. The molecule has 2 aliphatic rings. The highest BCUT2D eigenvalue weighted by atomic mass is 16.2. The number of carbonyl (C=O) groups excluding carboxylic acids is 1. The average molecular weight is 325 g/mol. The second kappa shape index (κ2) is 6.63. The van der Waals surface area contributed by atoms with Crippen LogP contribution in [-0.2, 0) is 12.8 Å². The van der Waals surface area contributed by atoms with Gasteiger partial charge in [0.2, 0.25) is 0 Å². The Morgan fingerprint density at radius 3 is 2.79 bits per heavy atom. The molecule has 1 saturated heterocycles. The van der Waals surface area contributed by atoms with Crippen molar-refractivity contribution in [2.75, 3.05) is 13.1 Å². The zero-order valence-corrected chi connectivity index (χ0v) is 13.7. The first kappa shape index (κ1) is 15.2. The van der Waals surface area contributed by atoms with Crippen molar-refractivity contribution in [2.45, 2.75) is 44.1 Å². The molecule has 6 nitrogen and oxygen atoms in total. The number of aromatic nitrogens is 3. The number of hydrogen-bond acceptors (Lipinski definition) is 3. The summed E-state index contributed by atoms with van der Waals surface area (Å²) in [6.45, 7) is 1.64. The maximum atomic E-state index is 12.5. The predicted octanol–water partition coefficient (Wildman–Crippen LogP) is 2.25. The van der Waals surface area contributed by atoms with Crippen molar-refractivity contribution < 1.29 is 4.79 Å². The lowest BCUT2D eigenvalue weighted by Crippen LogP contribution is -2.49. The normalized spacial score (nSPS) is 21.3. The highest BCUT2D eigenvalue weighted by Gasteiger charge is 2.27. The van der Waals surface area contributed by atoms with Crippen LogP contribution < -0.4 is 5.32 Å². The molecule has 1 aliphatic carbocycles. The monoisotopic (exact) mass is 325 g/mol. The molecular formula is C18H23N5O. The molecule has 2 N–H and O–H groups in total. The second-order valence-electron chi connectivity index (χ2n) is 6.80. The van der Waals surface area contributed by atoms with Gasteiger partial charge in [-0.05, 0) is 61.3 Å². The molecule has 3 heterocycles. The van der Waals surface area contributed by atoms with Crippen molar-refractivity contribution in [1.29, 1.82) is 0 Å². The average Bonchev–Trinajstić information content (AvgIpc) is 3.10. The summed E-state index contributed by atoms with van der Waals surface area (Å²) in [5.74, 6) is 0.542. The van der Waals surface area contributed by atoms with Gasteiger partial charge in [-0.25, -0.2) is 4.79 Å². The Labute approximate surface area is 141 Å². The second-order valence-corrected chi connectivity index (χ2v) is 6.80. The Balaban J connectivity index is 1.29. The van der Waals surface area contributed by atoms with E-state index in [1.54, 1.807) is 0 Å². The molecule has 0 saturated carbocycles. The molecule has 0 spiro atoms. The van der Waals surface area contributed by atoms with E-state index in [1.165, 1.54) is 16.8 Å². The number of nitrogens with one attached hydrogen (secondary N) is 2. The Kier molecular flexibility index (Phi) is 4.19. The minimum atomic E-state index is 0.0834. The molecule has 2 aromatic rings. The number of aryl methyl sites for hydroxylation is 1. The number of hydrogen-bond donors (Lipinski definition) is 2. The third-order valence-corrected chi connectivity index (χ3v) is 5.30. The summed E-state index contributed by atoms with van der Waals surface area (Å²) in [5.41, 5.74) is 3.80. The zero-order valence-electron chi connectivity index (χ0n) is 13.7. The molecule has 2 amide bonds. The van der Waals surface area contributed by atoms with Gasteiger partial charge in [0, 0.05) is 37.2 Å². The number of piperidine rings is 1. The van der Waals surface area contributed by atoms with Crippen molar-refractivity contribution in [1.82, 2.24) is 25.4 Å². The van der Waals surface area contributed by atoms with Crippen LogP contribution in [0.15, 0.2) is 30.7 Å². The van der Waals surface area contributed by atoms with Crippen LogP contribution in [0.2, 0.25) is 0 Å². The number of carbonyl (C=O) groups is 1. The van der Waals surface area contributed by atoms with Crippen LogP contribution >= 0.6 is 0 Å². The van der Waals surface area contributed by atoms with Gasteiger partial charge in [-0.3, -0.25) is 10.1 Å². The summed E-state index contributed by atoms with van der Waals surface area (Å²) in [7, 11) is 0.